The van der Waals surface area contributed by atoms with Crippen molar-refractivity contribution in [2.75, 3.05) is 11.9 Å². The number of esters is 1. The molecular weight excluding hydrogens is 472 g/mol. The third-order valence-corrected chi connectivity index (χ3v) is 7.23. The number of para-hydroxylation sites is 1. The van der Waals surface area contributed by atoms with Gasteiger partial charge in [0.2, 0.25) is 0 Å². The van der Waals surface area contributed by atoms with Crippen LogP contribution in [0, 0.1) is 0 Å². The Labute approximate surface area is 213 Å². The molecule has 0 aliphatic heterocycles. The zero-order valence-electron chi connectivity index (χ0n) is 20.0. The van der Waals surface area contributed by atoms with Crippen LogP contribution in [0.4, 0.5) is 10.7 Å². The van der Waals surface area contributed by atoms with Gasteiger partial charge in [0.05, 0.1) is 23.9 Å². The normalized spacial score (nSPS) is 12.9. The molecule has 7 heteroatoms. The van der Waals surface area contributed by atoms with Gasteiger partial charge in [-0.2, -0.15) is 0 Å². The van der Waals surface area contributed by atoms with Gasteiger partial charge >= 0.3 is 5.97 Å². The molecule has 6 nitrogen and oxygen atoms in total. The maximum Gasteiger partial charge on any atom is 0.338 e. The average molecular weight is 499 g/mol. The van der Waals surface area contributed by atoms with Crippen molar-refractivity contribution in [1.82, 2.24) is 0 Å². The lowest BCUT2D eigenvalue weighted by Crippen LogP contribution is -2.14. The summed E-state index contributed by atoms with van der Waals surface area (Å²) in [5.74, 6) is 0.774. The molecule has 4 aromatic rings. The van der Waals surface area contributed by atoms with E-state index in [1.54, 1.807) is 36.6 Å². The molecule has 5 rings (SSSR count). The lowest BCUT2D eigenvalue weighted by Gasteiger charge is -2.12. The number of carbonyl (C=O) groups is 2. The molecule has 0 spiro atoms. The van der Waals surface area contributed by atoms with Crippen LogP contribution in [0.25, 0.3) is 11.3 Å². The maximum atomic E-state index is 13.3. The lowest BCUT2D eigenvalue weighted by molar-refractivity contribution is 0.0526. The van der Waals surface area contributed by atoms with E-state index in [1.807, 2.05) is 54.6 Å². The Morgan fingerprint density at radius 1 is 1.03 bits per heavy atom. The molecule has 0 fully saturated rings. The van der Waals surface area contributed by atoms with Crippen LogP contribution in [0.3, 0.4) is 0 Å². The largest absolute Gasteiger partial charge is 0.462 e. The Morgan fingerprint density at radius 3 is 2.58 bits per heavy atom. The van der Waals surface area contributed by atoms with Gasteiger partial charge in [-0.3, -0.25) is 4.79 Å². The molecule has 1 aliphatic rings. The van der Waals surface area contributed by atoms with Gasteiger partial charge in [0.15, 0.2) is 0 Å². The van der Waals surface area contributed by atoms with E-state index in [1.165, 1.54) is 4.88 Å². The molecule has 0 atom stereocenters. The number of aryl methyl sites for hydroxylation is 1. The number of amides is 1. The number of benzene rings is 2. The highest BCUT2D eigenvalue weighted by Crippen LogP contribution is 2.40. The first-order valence-corrected chi connectivity index (χ1v) is 12.9. The van der Waals surface area contributed by atoms with Gasteiger partial charge in [-0.25, -0.2) is 9.79 Å². The molecule has 0 saturated carbocycles. The van der Waals surface area contributed by atoms with Gasteiger partial charge in [-0.1, -0.05) is 30.3 Å². The molecule has 1 aliphatic carbocycles. The third kappa shape index (κ3) is 5.16. The predicted molar refractivity (Wildman–Crippen MR) is 143 cm³/mol. The van der Waals surface area contributed by atoms with Crippen molar-refractivity contribution in [2.24, 2.45) is 4.99 Å². The third-order valence-electron chi connectivity index (χ3n) is 6.03. The number of hydrogen-bond acceptors (Lipinski definition) is 6. The average Bonchev–Trinajstić information content (AvgIpc) is 3.53. The molecule has 2 aromatic heterocycles. The molecule has 36 heavy (non-hydrogen) atoms. The summed E-state index contributed by atoms with van der Waals surface area (Å²) < 4.78 is 11.0. The van der Waals surface area contributed by atoms with Gasteiger partial charge < -0.3 is 14.5 Å². The van der Waals surface area contributed by atoms with E-state index in [0.29, 0.717) is 34.3 Å². The van der Waals surface area contributed by atoms with Crippen LogP contribution in [0.5, 0.6) is 0 Å². The van der Waals surface area contributed by atoms with E-state index >= 15 is 0 Å². The molecular formula is C29H26N2O4S. The molecule has 1 N–H and O–H groups in total. The number of rotatable bonds is 7. The fraction of sp³-hybridized carbons (Fsp3) is 0.207. The Balaban J connectivity index is 1.37. The van der Waals surface area contributed by atoms with E-state index in [-0.39, 0.29) is 11.9 Å². The van der Waals surface area contributed by atoms with E-state index in [9.17, 15) is 9.59 Å². The number of aliphatic imine (C=N–C) groups is 1. The summed E-state index contributed by atoms with van der Waals surface area (Å²) in [7, 11) is 0. The van der Waals surface area contributed by atoms with E-state index in [2.05, 4.69) is 10.3 Å². The first-order valence-electron chi connectivity index (χ1n) is 12.0. The van der Waals surface area contributed by atoms with Crippen LogP contribution in [-0.4, -0.2) is 24.7 Å². The second-order valence-electron chi connectivity index (χ2n) is 8.47. The Bertz CT molecular complexity index is 1400. The number of ether oxygens (including phenoxy) is 1. The van der Waals surface area contributed by atoms with Crippen molar-refractivity contribution in [3.05, 3.63) is 94.1 Å². The minimum Gasteiger partial charge on any atom is -0.462 e. The van der Waals surface area contributed by atoms with Crippen molar-refractivity contribution in [3.8, 4) is 11.3 Å². The molecule has 2 aromatic carbocycles. The fourth-order valence-corrected chi connectivity index (χ4v) is 5.51. The zero-order chi connectivity index (χ0) is 24.9. The van der Waals surface area contributed by atoms with Crippen LogP contribution in [0.2, 0.25) is 0 Å². The number of thiophene rings is 1. The van der Waals surface area contributed by atoms with Crippen LogP contribution < -0.4 is 5.32 Å². The smallest absolute Gasteiger partial charge is 0.338 e. The first kappa shape index (κ1) is 23.8. The van der Waals surface area contributed by atoms with Gasteiger partial charge in [-0.05, 0) is 74.6 Å². The molecule has 1 amide bonds. The number of carbonyl (C=O) groups excluding carboxylic acids is 2. The summed E-state index contributed by atoms with van der Waals surface area (Å²) in [6.07, 6.45) is 5.74. The van der Waals surface area contributed by atoms with Crippen molar-refractivity contribution in [1.29, 1.82) is 0 Å². The number of nitrogens with one attached hydrogen (secondary N) is 1. The summed E-state index contributed by atoms with van der Waals surface area (Å²) in [5, 5.41) is 3.72. The minimum atomic E-state index is -0.345. The summed E-state index contributed by atoms with van der Waals surface area (Å²) in [4.78, 5) is 31.1. The molecule has 0 radical (unpaired) electrons. The van der Waals surface area contributed by atoms with E-state index in [0.717, 1.165) is 42.5 Å². The number of furan rings is 1. The van der Waals surface area contributed by atoms with Crippen LogP contribution >= 0.6 is 11.3 Å². The number of fused-ring (bicyclic) bond motifs is 1. The quantitative estimate of drug-likeness (QED) is 0.218. The monoisotopic (exact) mass is 498 g/mol. The van der Waals surface area contributed by atoms with Gasteiger partial charge in [0.25, 0.3) is 5.91 Å². The van der Waals surface area contributed by atoms with Crippen molar-refractivity contribution < 1.29 is 18.7 Å². The molecule has 2 heterocycles. The van der Waals surface area contributed by atoms with Gasteiger partial charge in [-0.15, -0.1) is 11.3 Å². The standard InChI is InChI=1S/C29H26N2O4S/c1-2-34-29(33)20-14-12-19(13-15-20)24-17-16-22(35-24)18-30-28-26(23-10-6-7-11-25(23)36-28)27(32)31-21-8-4-3-5-9-21/h3-5,8-9,12-18H,2,6-7,10-11H2,1H3,(H,31,32). The molecule has 0 bridgehead atoms. The van der Waals surface area contributed by atoms with Crippen molar-refractivity contribution >= 4 is 40.1 Å². The highest BCUT2D eigenvalue weighted by atomic mass is 32.1. The topological polar surface area (TPSA) is 80.9 Å². The lowest BCUT2D eigenvalue weighted by atomic mass is 9.95. The Morgan fingerprint density at radius 2 is 1.81 bits per heavy atom. The number of nitrogens with zero attached hydrogens (tertiary/aromatic N) is 1. The summed E-state index contributed by atoms with van der Waals surface area (Å²) in [6, 6.07) is 20.3. The van der Waals surface area contributed by atoms with E-state index < -0.39 is 0 Å². The second-order valence-corrected chi connectivity index (χ2v) is 9.55. The fourth-order valence-electron chi connectivity index (χ4n) is 4.28. The predicted octanol–water partition coefficient (Wildman–Crippen LogP) is 7.07. The van der Waals surface area contributed by atoms with Crippen LogP contribution in [-0.2, 0) is 17.6 Å². The number of anilines is 1. The Hall–Kier alpha value is -3.97. The Kier molecular flexibility index (Phi) is 7.09. The first-order chi connectivity index (χ1) is 17.6. The summed E-state index contributed by atoms with van der Waals surface area (Å²) in [6.45, 7) is 2.12. The maximum absolute atomic E-state index is 13.3. The van der Waals surface area contributed by atoms with E-state index in [4.69, 9.17) is 9.15 Å². The minimum absolute atomic E-state index is 0.130. The SMILES string of the molecule is CCOC(=O)c1ccc(-c2ccc(C=Nc3sc4c(c3C(=O)Nc3ccccc3)CCCC4)o2)cc1. The van der Waals surface area contributed by atoms with Crippen LogP contribution in [0.15, 0.2) is 76.1 Å². The molecule has 182 valence electrons. The van der Waals surface area contributed by atoms with Gasteiger partial charge in [0.1, 0.15) is 16.5 Å². The number of hydrogen-bond donors (Lipinski definition) is 1. The summed E-state index contributed by atoms with van der Waals surface area (Å²) >= 11 is 1.59. The highest BCUT2D eigenvalue weighted by molar-refractivity contribution is 7.16. The second kappa shape index (κ2) is 10.7. The molecule has 0 saturated heterocycles. The van der Waals surface area contributed by atoms with Crippen molar-refractivity contribution in [2.45, 2.75) is 32.6 Å². The highest BCUT2D eigenvalue weighted by Gasteiger charge is 2.25. The van der Waals surface area contributed by atoms with Crippen LogP contribution in [0.1, 0.15) is 56.7 Å². The van der Waals surface area contributed by atoms with Gasteiger partial charge in [0, 0.05) is 16.1 Å². The zero-order valence-corrected chi connectivity index (χ0v) is 20.8. The van der Waals surface area contributed by atoms with Crippen molar-refractivity contribution in [3.63, 3.8) is 0 Å². The summed E-state index contributed by atoms with van der Waals surface area (Å²) in [5.41, 5.74) is 3.89. The molecule has 0 unspecified atom stereocenters.